The van der Waals surface area contributed by atoms with Crippen LogP contribution in [0, 0.1) is 13.8 Å². The molecule has 7 heteroatoms. The Labute approximate surface area is 177 Å². The van der Waals surface area contributed by atoms with Gasteiger partial charge in [-0.05, 0) is 49.7 Å². The molecule has 30 heavy (non-hydrogen) atoms. The van der Waals surface area contributed by atoms with Crippen LogP contribution in [0.4, 0.5) is 11.5 Å². The summed E-state index contributed by atoms with van der Waals surface area (Å²) in [4.78, 5) is 11.1. The van der Waals surface area contributed by atoms with Gasteiger partial charge in [0.05, 0.1) is 11.9 Å². The van der Waals surface area contributed by atoms with Gasteiger partial charge in [-0.25, -0.2) is 10.3 Å². The second-order valence-electron chi connectivity index (χ2n) is 7.51. The van der Waals surface area contributed by atoms with E-state index in [0.29, 0.717) is 12.3 Å². The maximum absolute atomic E-state index is 6.18. The SMILES string of the molecule is Cc1ccc(Oc2ccnc(Nc3cccc(CN4CC[N]CC4N)c3)c2)c(C)n1. The number of nitrogens with zero attached hydrogens (tertiary/aromatic N) is 4. The van der Waals surface area contributed by atoms with Crippen LogP contribution < -0.4 is 21.1 Å². The van der Waals surface area contributed by atoms with Crippen molar-refractivity contribution in [2.45, 2.75) is 26.6 Å². The Morgan fingerprint density at radius 3 is 2.90 bits per heavy atom. The van der Waals surface area contributed by atoms with Gasteiger partial charge in [0.2, 0.25) is 0 Å². The summed E-state index contributed by atoms with van der Waals surface area (Å²) in [5.41, 5.74) is 10.2. The molecule has 1 saturated heterocycles. The van der Waals surface area contributed by atoms with E-state index in [1.54, 1.807) is 6.20 Å². The van der Waals surface area contributed by atoms with E-state index in [0.717, 1.165) is 48.3 Å². The van der Waals surface area contributed by atoms with E-state index in [-0.39, 0.29) is 6.17 Å². The summed E-state index contributed by atoms with van der Waals surface area (Å²) in [6, 6.07) is 15.9. The minimum absolute atomic E-state index is 0.00872. The molecule has 3 N–H and O–H groups in total. The monoisotopic (exact) mass is 403 g/mol. The molecule has 0 bridgehead atoms. The second-order valence-corrected chi connectivity index (χ2v) is 7.51. The molecule has 0 saturated carbocycles. The highest BCUT2D eigenvalue weighted by molar-refractivity contribution is 5.58. The fourth-order valence-electron chi connectivity index (χ4n) is 3.48. The molecule has 3 aromatic rings. The fraction of sp³-hybridized carbons (Fsp3) is 0.304. The van der Waals surface area contributed by atoms with E-state index in [4.69, 9.17) is 10.5 Å². The summed E-state index contributed by atoms with van der Waals surface area (Å²) >= 11 is 0. The van der Waals surface area contributed by atoms with Crippen LogP contribution in [0.15, 0.2) is 54.7 Å². The molecule has 2 aromatic heterocycles. The average molecular weight is 404 g/mol. The molecular weight excluding hydrogens is 376 g/mol. The quantitative estimate of drug-likeness (QED) is 0.656. The van der Waals surface area contributed by atoms with Crippen LogP contribution >= 0.6 is 0 Å². The molecule has 4 rings (SSSR count). The number of piperazine rings is 1. The van der Waals surface area contributed by atoms with Crippen molar-refractivity contribution in [3.8, 4) is 11.5 Å². The maximum Gasteiger partial charge on any atom is 0.148 e. The number of hydrogen-bond donors (Lipinski definition) is 2. The molecule has 0 spiro atoms. The van der Waals surface area contributed by atoms with Crippen molar-refractivity contribution in [2.75, 3.05) is 25.0 Å². The fourth-order valence-corrected chi connectivity index (χ4v) is 3.48. The molecule has 1 aliphatic rings. The lowest BCUT2D eigenvalue weighted by Crippen LogP contribution is -2.52. The Morgan fingerprint density at radius 2 is 2.07 bits per heavy atom. The van der Waals surface area contributed by atoms with Crippen LogP contribution in [0.3, 0.4) is 0 Å². The van der Waals surface area contributed by atoms with Gasteiger partial charge in [0, 0.05) is 49.8 Å². The molecule has 0 aliphatic carbocycles. The minimum Gasteiger partial charge on any atom is -0.455 e. The third-order valence-electron chi connectivity index (χ3n) is 5.05. The van der Waals surface area contributed by atoms with E-state index in [2.05, 4.69) is 37.6 Å². The van der Waals surface area contributed by atoms with E-state index in [1.807, 2.05) is 50.2 Å². The van der Waals surface area contributed by atoms with Crippen molar-refractivity contribution in [2.24, 2.45) is 5.73 Å². The van der Waals surface area contributed by atoms with E-state index in [9.17, 15) is 0 Å². The van der Waals surface area contributed by atoms with Gasteiger partial charge in [-0.3, -0.25) is 9.88 Å². The van der Waals surface area contributed by atoms with Crippen LogP contribution in [-0.2, 0) is 6.54 Å². The normalized spacial score (nSPS) is 17.0. The van der Waals surface area contributed by atoms with Gasteiger partial charge in [0.25, 0.3) is 0 Å². The number of pyridine rings is 2. The first kappa shape index (κ1) is 20.3. The smallest absolute Gasteiger partial charge is 0.148 e. The lowest BCUT2D eigenvalue weighted by atomic mass is 10.1. The first-order chi connectivity index (χ1) is 14.6. The Balaban J connectivity index is 1.45. The Morgan fingerprint density at radius 1 is 1.17 bits per heavy atom. The number of aromatic nitrogens is 2. The standard InChI is InChI=1S/C23H27N6O/c1-16-6-7-21(17(2)27-16)30-20-8-9-26-23(13-20)28-19-5-3-4-18(12-19)15-29-11-10-25-14-22(29)24/h3-9,12-13,22H,10-11,14-15,24H2,1-2H3,(H,26,28). The maximum atomic E-state index is 6.18. The molecule has 7 nitrogen and oxygen atoms in total. The van der Waals surface area contributed by atoms with Crippen molar-refractivity contribution in [1.29, 1.82) is 0 Å². The predicted molar refractivity (Wildman–Crippen MR) is 118 cm³/mol. The number of nitrogens with two attached hydrogens (primary N) is 1. The van der Waals surface area contributed by atoms with Gasteiger partial charge >= 0.3 is 0 Å². The molecule has 1 atom stereocenters. The van der Waals surface area contributed by atoms with E-state index < -0.39 is 0 Å². The van der Waals surface area contributed by atoms with Gasteiger partial charge in [-0.15, -0.1) is 0 Å². The number of benzene rings is 1. The van der Waals surface area contributed by atoms with Crippen molar-refractivity contribution >= 4 is 11.5 Å². The second kappa shape index (κ2) is 9.21. The topological polar surface area (TPSA) is 90.4 Å². The number of anilines is 2. The lowest BCUT2D eigenvalue weighted by molar-refractivity contribution is 0.155. The highest BCUT2D eigenvalue weighted by Gasteiger charge is 2.19. The van der Waals surface area contributed by atoms with Crippen LogP contribution in [0.25, 0.3) is 0 Å². The molecular formula is C23H27N6O. The predicted octanol–water partition coefficient (Wildman–Crippen LogP) is 3.33. The number of aryl methyl sites for hydroxylation is 2. The third kappa shape index (κ3) is 5.13. The molecule has 1 aromatic carbocycles. The van der Waals surface area contributed by atoms with Crippen LogP contribution in [-0.4, -0.2) is 40.7 Å². The summed E-state index contributed by atoms with van der Waals surface area (Å²) in [6.45, 7) is 7.16. The van der Waals surface area contributed by atoms with Gasteiger partial charge in [-0.2, -0.15) is 0 Å². The van der Waals surface area contributed by atoms with Gasteiger partial charge in [-0.1, -0.05) is 12.1 Å². The molecule has 3 heterocycles. The summed E-state index contributed by atoms with van der Waals surface area (Å²) in [7, 11) is 0. The zero-order valence-corrected chi connectivity index (χ0v) is 17.4. The molecule has 1 fully saturated rings. The molecule has 1 aliphatic heterocycles. The molecule has 155 valence electrons. The molecule has 0 amide bonds. The Kier molecular flexibility index (Phi) is 6.23. The van der Waals surface area contributed by atoms with Crippen molar-refractivity contribution in [1.82, 2.24) is 20.2 Å². The lowest BCUT2D eigenvalue weighted by Gasteiger charge is -2.32. The highest BCUT2D eigenvalue weighted by Crippen LogP contribution is 2.26. The van der Waals surface area contributed by atoms with Crippen LogP contribution in [0.5, 0.6) is 11.5 Å². The van der Waals surface area contributed by atoms with Gasteiger partial charge in [0.1, 0.15) is 17.3 Å². The Bertz CT molecular complexity index is 1010. The third-order valence-corrected chi connectivity index (χ3v) is 5.05. The van der Waals surface area contributed by atoms with Gasteiger partial charge in [0.15, 0.2) is 0 Å². The molecule has 1 radical (unpaired) electrons. The highest BCUT2D eigenvalue weighted by atomic mass is 16.5. The number of ether oxygens (including phenoxy) is 1. The van der Waals surface area contributed by atoms with Crippen LogP contribution in [0.1, 0.15) is 17.0 Å². The first-order valence-corrected chi connectivity index (χ1v) is 10.1. The number of rotatable bonds is 6. The van der Waals surface area contributed by atoms with Crippen molar-refractivity contribution in [3.05, 3.63) is 71.7 Å². The Hall–Kier alpha value is -3.00. The summed E-state index contributed by atoms with van der Waals surface area (Å²) in [6.07, 6.45) is 1.72. The van der Waals surface area contributed by atoms with Crippen LogP contribution in [0.2, 0.25) is 0 Å². The summed E-state index contributed by atoms with van der Waals surface area (Å²) in [5, 5.41) is 7.74. The zero-order chi connectivity index (χ0) is 20.9. The average Bonchev–Trinajstić information content (AvgIpc) is 2.72. The van der Waals surface area contributed by atoms with E-state index in [1.165, 1.54) is 5.56 Å². The summed E-state index contributed by atoms with van der Waals surface area (Å²) in [5.74, 6) is 2.17. The van der Waals surface area contributed by atoms with Gasteiger partial charge < -0.3 is 15.8 Å². The number of hydrogen-bond acceptors (Lipinski definition) is 6. The summed E-state index contributed by atoms with van der Waals surface area (Å²) < 4.78 is 6.01. The van der Waals surface area contributed by atoms with Crippen molar-refractivity contribution in [3.63, 3.8) is 0 Å². The zero-order valence-electron chi connectivity index (χ0n) is 17.4. The largest absolute Gasteiger partial charge is 0.455 e. The van der Waals surface area contributed by atoms with E-state index >= 15 is 0 Å². The van der Waals surface area contributed by atoms with Crippen molar-refractivity contribution < 1.29 is 4.74 Å². The number of nitrogens with one attached hydrogen (secondary N) is 1. The molecule has 1 unspecified atom stereocenters. The minimum atomic E-state index is -0.00872. The first-order valence-electron chi connectivity index (χ1n) is 10.1.